The van der Waals surface area contributed by atoms with Crippen LogP contribution in [0, 0.1) is 5.92 Å². The lowest BCUT2D eigenvalue weighted by atomic mass is 9.97. The van der Waals surface area contributed by atoms with Gasteiger partial charge in [0.2, 0.25) is 0 Å². The van der Waals surface area contributed by atoms with Gasteiger partial charge in [0.15, 0.2) is 0 Å². The minimum Gasteiger partial charge on any atom is -0.359 e. The van der Waals surface area contributed by atoms with E-state index in [0.29, 0.717) is 5.92 Å². The molecule has 0 aromatic carbocycles. The van der Waals surface area contributed by atoms with Crippen molar-refractivity contribution in [3.8, 4) is 0 Å². The van der Waals surface area contributed by atoms with E-state index in [1.54, 1.807) is 0 Å². The maximum atomic E-state index is 5.67. The van der Waals surface area contributed by atoms with Gasteiger partial charge in [-0.2, -0.15) is 0 Å². The van der Waals surface area contributed by atoms with Crippen LogP contribution < -0.4 is 10.6 Å². The monoisotopic (exact) mass is 192 g/mol. The predicted molar refractivity (Wildman–Crippen MR) is 50.6 cm³/mol. The lowest BCUT2D eigenvalue weighted by Gasteiger charge is -2.29. The molecule has 0 aromatic heterocycles. The van der Waals surface area contributed by atoms with Crippen LogP contribution in [0.3, 0.4) is 0 Å². The second kappa shape index (κ2) is 3.92. The van der Waals surface area contributed by atoms with Crippen LogP contribution in [-0.4, -0.2) is 32.0 Å². The highest BCUT2D eigenvalue weighted by Crippen LogP contribution is 2.26. The number of hydrogen-bond donors (Lipinski definition) is 2. The average molecular weight is 193 g/mol. The van der Waals surface area contributed by atoms with E-state index in [1.165, 1.54) is 6.42 Å². The van der Waals surface area contributed by atoms with Gasteiger partial charge in [0.25, 0.3) is 0 Å². The van der Waals surface area contributed by atoms with Gasteiger partial charge in [0.1, 0.15) is 5.72 Å². The third-order valence-electron chi connectivity index (χ3n) is 2.82. The molecule has 2 fully saturated rings. The van der Waals surface area contributed by atoms with Gasteiger partial charge in [0.05, 0.1) is 6.61 Å². The fourth-order valence-electron chi connectivity index (χ4n) is 2.00. The minimum atomic E-state index is -0.0382. The Morgan fingerprint density at radius 3 is 2.75 bits per heavy atom. The number of ether oxygens (including phenoxy) is 1. The van der Waals surface area contributed by atoms with Gasteiger partial charge in [-0.3, -0.25) is 5.32 Å². The van der Waals surface area contributed by atoms with Crippen molar-refractivity contribution in [2.75, 3.05) is 26.2 Å². The van der Waals surface area contributed by atoms with E-state index >= 15 is 0 Å². The van der Waals surface area contributed by atoms with Crippen LogP contribution in [0.2, 0.25) is 0 Å². The van der Waals surface area contributed by atoms with E-state index in [-0.39, 0.29) is 18.1 Å². The number of rotatable bonds is 1. The summed E-state index contributed by atoms with van der Waals surface area (Å²) in [6.45, 7) is 6.28. The van der Waals surface area contributed by atoms with Crippen molar-refractivity contribution >= 4 is 12.4 Å². The highest BCUT2D eigenvalue weighted by atomic mass is 35.5. The first-order chi connectivity index (χ1) is 5.31. The Morgan fingerprint density at radius 1 is 1.42 bits per heavy atom. The summed E-state index contributed by atoms with van der Waals surface area (Å²) in [6.07, 6.45) is 1.24. The van der Waals surface area contributed by atoms with E-state index < -0.39 is 0 Å². The van der Waals surface area contributed by atoms with Crippen LogP contribution in [0.15, 0.2) is 0 Å². The van der Waals surface area contributed by atoms with Crippen molar-refractivity contribution in [3.05, 3.63) is 0 Å². The van der Waals surface area contributed by atoms with E-state index in [9.17, 15) is 0 Å². The molecule has 2 aliphatic rings. The molecule has 2 rings (SSSR count). The largest absolute Gasteiger partial charge is 0.359 e. The molecule has 2 atom stereocenters. The Morgan fingerprint density at radius 2 is 2.25 bits per heavy atom. The quantitative estimate of drug-likeness (QED) is 0.630. The molecule has 2 aliphatic heterocycles. The molecule has 2 N–H and O–H groups in total. The summed E-state index contributed by atoms with van der Waals surface area (Å²) in [7, 11) is 0. The van der Waals surface area contributed by atoms with Crippen LogP contribution in [0.1, 0.15) is 13.3 Å². The summed E-state index contributed by atoms with van der Waals surface area (Å²) < 4.78 is 5.67. The van der Waals surface area contributed by atoms with Crippen molar-refractivity contribution in [2.45, 2.75) is 19.1 Å². The third kappa shape index (κ3) is 1.74. The molecule has 0 aliphatic carbocycles. The van der Waals surface area contributed by atoms with Gasteiger partial charge in [-0.05, 0) is 19.9 Å². The van der Waals surface area contributed by atoms with Gasteiger partial charge < -0.3 is 10.1 Å². The Hall–Kier alpha value is 0.170. The molecule has 0 aromatic rings. The first-order valence-electron chi connectivity index (χ1n) is 4.41. The summed E-state index contributed by atoms with van der Waals surface area (Å²) in [5, 5.41) is 6.77. The molecule has 2 saturated heterocycles. The maximum Gasteiger partial charge on any atom is 0.120 e. The molecule has 0 amide bonds. The number of nitrogens with one attached hydrogen (secondary N) is 2. The molecule has 2 heterocycles. The second-order valence-electron chi connectivity index (χ2n) is 3.57. The molecule has 0 saturated carbocycles. The highest BCUT2D eigenvalue weighted by Gasteiger charge is 2.39. The predicted octanol–water partition coefficient (Wildman–Crippen LogP) is 0.354. The summed E-state index contributed by atoms with van der Waals surface area (Å²) in [5.41, 5.74) is -0.0382. The smallest absolute Gasteiger partial charge is 0.120 e. The second-order valence-corrected chi connectivity index (χ2v) is 3.57. The molecule has 0 radical (unpaired) electrons. The lowest BCUT2D eigenvalue weighted by molar-refractivity contribution is -0.0365. The summed E-state index contributed by atoms with van der Waals surface area (Å²) >= 11 is 0. The van der Waals surface area contributed by atoms with Gasteiger partial charge in [0, 0.05) is 19.0 Å². The van der Waals surface area contributed by atoms with Crippen molar-refractivity contribution in [1.29, 1.82) is 0 Å². The van der Waals surface area contributed by atoms with Crippen LogP contribution in [0.25, 0.3) is 0 Å². The van der Waals surface area contributed by atoms with E-state index in [4.69, 9.17) is 4.74 Å². The molecule has 2 unspecified atom stereocenters. The number of hydrogen-bond acceptors (Lipinski definition) is 3. The van der Waals surface area contributed by atoms with Crippen LogP contribution >= 0.6 is 12.4 Å². The van der Waals surface area contributed by atoms with Crippen LogP contribution in [-0.2, 0) is 4.74 Å². The lowest BCUT2D eigenvalue weighted by Crippen LogP contribution is -2.46. The van der Waals surface area contributed by atoms with Crippen molar-refractivity contribution < 1.29 is 4.74 Å². The maximum absolute atomic E-state index is 5.67. The zero-order valence-electron chi connectivity index (χ0n) is 7.43. The Labute approximate surface area is 79.6 Å². The van der Waals surface area contributed by atoms with Gasteiger partial charge in [-0.15, -0.1) is 12.4 Å². The third-order valence-corrected chi connectivity index (χ3v) is 2.82. The molecule has 0 bridgehead atoms. The number of halogens is 1. The Bertz CT molecular complexity index is 142. The molecule has 12 heavy (non-hydrogen) atoms. The van der Waals surface area contributed by atoms with Crippen molar-refractivity contribution in [1.82, 2.24) is 10.6 Å². The van der Waals surface area contributed by atoms with Crippen molar-refractivity contribution in [3.63, 3.8) is 0 Å². The first-order valence-corrected chi connectivity index (χ1v) is 4.41. The minimum absolute atomic E-state index is 0. The summed E-state index contributed by atoms with van der Waals surface area (Å²) in [6, 6.07) is 0. The normalized spacial score (nSPS) is 41.2. The summed E-state index contributed by atoms with van der Waals surface area (Å²) in [5.74, 6) is 0.657. The molecule has 3 nitrogen and oxygen atoms in total. The van der Waals surface area contributed by atoms with E-state index in [1.807, 2.05) is 0 Å². The zero-order valence-corrected chi connectivity index (χ0v) is 8.25. The molecule has 4 heteroatoms. The first kappa shape index (κ1) is 10.3. The standard InChI is InChI=1S/C8H16N2O.ClH/c1-8(10-4-5-11-8)7-2-3-9-6-7;/h7,9-10H,2-6H2,1H3;1H. The Balaban J connectivity index is 0.000000720. The van der Waals surface area contributed by atoms with E-state index in [2.05, 4.69) is 17.6 Å². The zero-order chi connectivity index (χ0) is 7.73. The SMILES string of the molecule is CC1(C2CCNC2)NCCO1.Cl. The van der Waals surface area contributed by atoms with Crippen molar-refractivity contribution in [2.24, 2.45) is 5.92 Å². The topological polar surface area (TPSA) is 33.3 Å². The van der Waals surface area contributed by atoms with Gasteiger partial charge >= 0.3 is 0 Å². The molecular formula is C8H17ClN2O. The highest BCUT2D eigenvalue weighted by molar-refractivity contribution is 5.85. The Kier molecular flexibility index (Phi) is 3.35. The fraction of sp³-hybridized carbons (Fsp3) is 1.00. The van der Waals surface area contributed by atoms with Gasteiger partial charge in [-0.1, -0.05) is 0 Å². The van der Waals surface area contributed by atoms with E-state index in [0.717, 1.165) is 26.2 Å². The summed E-state index contributed by atoms with van der Waals surface area (Å²) in [4.78, 5) is 0. The van der Waals surface area contributed by atoms with Crippen LogP contribution in [0.5, 0.6) is 0 Å². The van der Waals surface area contributed by atoms with Crippen LogP contribution in [0.4, 0.5) is 0 Å². The average Bonchev–Trinajstić information content (AvgIpc) is 2.55. The molecule has 0 spiro atoms. The molecular weight excluding hydrogens is 176 g/mol. The van der Waals surface area contributed by atoms with Gasteiger partial charge in [-0.25, -0.2) is 0 Å². The molecule has 72 valence electrons. The fourth-order valence-corrected chi connectivity index (χ4v) is 2.00.